The highest BCUT2D eigenvalue weighted by Gasteiger charge is 2.42. The molecule has 1 rings (SSSR count). The van der Waals surface area contributed by atoms with Crippen LogP contribution in [0.5, 0.6) is 0 Å². The zero-order chi connectivity index (χ0) is 17.6. The molecule has 1 aliphatic rings. The third kappa shape index (κ3) is 6.15. The summed E-state index contributed by atoms with van der Waals surface area (Å²) in [6, 6.07) is 0. The molecule has 1 fully saturated rings. The number of rotatable bonds is 8. The lowest BCUT2D eigenvalue weighted by molar-refractivity contribution is -0.292. The van der Waals surface area contributed by atoms with Crippen molar-refractivity contribution < 1.29 is 34.4 Å². The average Bonchev–Trinajstić information content (AvgIpc) is 2.51. The maximum atomic E-state index is 11.6. The van der Waals surface area contributed by atoms with E-state index in [2.05, 4.69) is 5.32 Å². The van der Waals surface area contributed by atoms with Gasteiger partial charge in [0.1, 0.15) is 24.1 Å². The monoisotopic (exact) mass is 333 g/mol. The molecule has 0 aromatic carbocycles. The lowest BCUT2D eigenvalue weighted by Crippen LogP contribution is -2.57. The number of carbonyl (C=O) groups is 2. The predicted molar refractivity (Wildman–Crippen MR) is 80.4 cm³/mol. The van der Waals surface area contributed by atoms with Gasteiger partial charge in [-0.2, -0.15) is 0 Å². The number of hydrogen-bond acceptors (Lipinski definition) is 7. The third-order valence-corrected chi connectivity index (χ3v) is 4.01. The van der Waals surface area contributed by atoms with Crippen molar-refractivity contribution in [3.05, 3.63) is 0 Å². The van der Waals surface area contributed by atoms with Crippen molar-refractivity contribution in [1.29, 1.82) is 0 Å². The fourth-order valence-corrected chi connectivity index (χ4v) is 2.16. The van der Waals surface area contributed by atoms with E-state index in [1.54, 1.807) is 13.8 Å². The standard InChI is InChI=1S/C15H27NO7/c1-8(9(2)17)4-5-11(18)16-6-7-22-15-14(21)13(20)12(19)10(3)23-15/h8,10,12-15,19-21H,4-7H2,1-3H3,(H,16,18)/t8-,10-,12+,13+,14-,15+/m0/s1. The van der Waals surface area contributed by atoms with Gasteiger partial charge in [0.25, 0.3) is 0 Å². The zero-order valence-electron chi connectivity index (χ0n) is 13.8. The summed E-state index contributed by atoms with van der Waals surface area (Å²) < 4.78 is 10.5. The quantitative estimate of drug-likeness (QED) is 0.418. The fourth-order valence-electron chi connectivity index (χ4n) is 2.16. The molecule has 8 nitrogen and oxygen atoms in total. The van der Waals surface area contributed by atoms with E-state index >= 15 is 0 Å². The Balaban J connectivity index is 2.21. The average molecular weight is 333 g/mol. The highest BCUT2D eigenvalue weighted by atomic mass is 16.7. The molecule has 0 aliphatic carbocycles. The van der Waals surface area contributed by atoms with Crippen LogP contribution in [0.4, 0.5) is 0 Å². The van der Waals surface area contributed by atoms with Gasteiger partial charge in [-0.1, -0.05) is 6.92 Å². The Kier molecular flexibility index (Phi) is 8.07. The molecule has 0 aromatic heterocycles. The van der Waals surface area contributed by atoms with Gasteiger partial charge in [-0.3, -0.25) is 9.59 Å². The van der Waals surface area contributed by atoms with Crippen LogP contribution < -0.4 is 5.32 Å². The first kappa shape index (κ1) is 20.0. The fraction of sp³-hybridized carbons (Fsp3) is 0.867. The number of Topliss-reactive ketones (excluding diaryl/α,β-unsaturated/α-hetero) is 1. The highest BCUT2D eigenvalue weighted by molar-refractivity contribution is 5.80. The van der Waals surface area contributed by atoms with E-state index in [-0.39, 0.29) is 37.2 Å². The van der Waals surface area contributed by atoms with Crippen LogP contribution in [0, 0.1) is 5.92 Å². The van der Waals surface area contributed by atoms with Crippen molar-refractivity contribution in [2.24, 2.45) is 5.92 Å². The lowest BCUT2D eigenvalue weighted by atomic mass is 10.0. The molecule has 134 valence electrons. The van der Waals surface area contributed by atoms with Crippen LogP contribution in [0.1, 0.15) is 33.6 Å². The van der Waals surface area contributed by atoms with Crippen LogP contribution in [0.25, 0.3) is 0 Å². The summed E-state index contributed by atoms with van der Waals surface area (Å²) in [6.07, 6.45) is -4.84. The maximum absolute atomic E-state index is 11.6. The maximum Gasteiger partial charge on any atom is 0.220 e. The van der Waals surface area contributed by atoms with Crippen molar-refractivity contribution in [3.63, 3.8) is 0 Å². The molecular formula is C15H27NO7. The molecule has 0 aromatic rings. The van der Waals surface area contributed by atoms with E-state index in [4.69, 9.17) is 9.47 Å². The molecule has 8 heteroatoms. The first-order valence-electron chi connectivity index (χ1n) is 7.82. The van der Waals surface area contributed by atoms with Crippen molar-refractivity contribution >= 4 is 11.7 Å². The van der Waals surface area contributed by atoms with Gasteiger partial charge in [0.2, 0.25) is 5.91 Å². The van der Waals surface area contributed by atoms with Crippen LogP contribution >= 0.6 is 0 Å². The normalized spacial score (nSPS) is 32.3. The van der Waals surface area contributed by atoms with E-state index in [1.807, 2.05) is 0 Å². The van der Waals surface area contributed by atoms with Gasteiger partial charge in [0.05, 0.1) is 12.7 Å². The Morgan fingerprint density at radius 2 is 1.87 bits per heavy atom. The summed E-state index contributed by atoms with van der Waals surface area (Å²) in [5.41, 5.74) is 0. The van der Waals surface area contributed by atoms with Gasteiger partial charge in [-0.15, -0.1) is 0 Å². The number of aliphatic hydroxyl groups is 3. The molecule has 1 amide bonds. The van der Waals surface area contributed by atoms with Gasteiger partial charge >= 0.3 is 0 Å². The zero-order valence-corrected chi connectivity index (χ0v) is 13.8. The topological polar surface area (TPSA) is 125 Å². The number of aliphatic hydroxyl groups excluding tert-OH is 3. The van der Waals surface area contributed by atoms with Gasteiger partial charge < -0.3 is 30.1 Å². The summed E-state index contributed by atoms with van der Waals surface area (Å²) in [6.45, 7) is 5.14. The molecule has 4 N–H and O–H groups in total. The Labute approximate surface area is 135 Å². The van der Waals surface area contributed by atoms with Crippen LogP contribution in [0.15, 0.2) is 0 Å². The number of nitrogens with one attached hydrogen (secondary N) is 1. The van der Waals surface area contributed by atoms with Gasteiger partial charge in [-0.25, -0.2) is 0 Å². The lowest BCUT2D eigenvalue weighted by Gasteiger charge is -2.38. The second kappa shape index (κ2) is 9.29. The molecule has 1 saturated heterocycles. The number of hydrogen-bond donors (Lipinski definition) is 4. The van der Waals surface area contributed by atoms with Crippen molar-refractivity contribution in [2.75, 3.05) is 13.2 Å². The van der Waals surface area contributed by atoms with Gasteiger partial charge in [0, 0.05) is 18.9 Å². The first-order valence-corrected chi connectivity index (χ1v) is 7.82. The second-order valence-electron chi connectivity index (χ2n) is 5.95. The molecule has 23 heavy (non-hydrogen) atoms. The minimum absolute atomic E-state index is 0.0550. The summed E-state index contributed by atoms with van der Waals surface area (Å²) in [5.74, 6) is -0.271. The largest absolute Gasteiger partial charge is 0.388 e. The van der Waals surface area contributed by atoms with Crippen LogP contribution in [-0.4, -0.2) is 70.9 Å². The van der Waals surface area contributed by atoms with Crippen LogP contribution in [0.3, 0.4) is 0 Å². The number of ether oxygens (including phenoxy) is 2. The molecule has 0 unspecified atom stereocenters. The number of amides is 1. The van der Waals surface area contributed by atoms with Crippen molar-refractivity contribution in [3.8, 4) is 0 Å². The highest BCUT2D eigenvalue weighted by Crippen LogP contribution is 2.21. The number of ketones is 1. The molecule has 0 radical (unpaired) electrons. The number of carbonyl (C=O) groups excluding carboxylic acids is 2. The molecule has 1 heterocycles. The Bertz CT molecular complexity index is 403. The molecule has 0 spiro atoms. The Hall–Kier alpha value is -1.06. The summed E-state index contributed by atoms with van der Waals surface area (Å²) in [4.78, 5) is 22.7. The third-order valence-electron chi connectivity index (χ3n) is 4.01. The van der Waals surface area contributed by atoms with Crippen LogP contribution in [-0.2, 0) is 19.1 Å². The molecule has 1 aliphatic heterocycles. The molecule has 0 bridgehead atoms. The van der Waals surface area contributed by atoms with E-state index < -0.39 is 30.7 Å². The SMILES string of the molecule is CC(=O)[C@@H](C)CCC(=O)NCCO[C@@H]1O[C@@H](C)[C@@H](O)[C@@H](O)[C@@H]1O. The predicted octanol–water partition coefficient (Wildman–Crippen LogP) is -1.05. The van der Waals surface area contributed by atoms with E-state index in [9.17, 15) is 24.9 Å². The molecule has 0 saturated carbocycles. The van der Waals surface area contributed by atoms with Crippen molar-refractivity contribution in [1.82, 2.24) is 5.32 Å². The van der Waals surface area contributed by atoms with Crippen molar-refractivity contribution in [2.45, 2.75) is 64.3 Å². The van der Waals surface area contributed by atoms with Gasteiger partial charge in [0.15, 0.2) is 6.29 Å². The Morgan fingerprint density at radius 1 is 1.22 bits per heavy atom. The summed E-state index contributed by atoms with van der Waals surface area (Å²) >= 11 is 0. The summed E-state index contributed by atoms with van der Waals surface area (Å²) in [5, 5.41) is 31.6. The molecule has 6 atom stereocenters. The Morgan fingerprint density at radius 3 is 2.48 bits per heavy atom. The first-order chi connectivity index (χ1) is 10.7. The van der Waals surface area contributed by atoms with Crippen LogP contribution in [0.2, 0.25) is 0 Å². The van der Waals surface area contributed by atoms with Gasteiger partial charge in [-0.05, 0) is 20.3 Å². The minimum Gasteiger partial charge on any atom is -0.388 e. The van der Waals surface area contributed by atoms with E-state index in [0.29, 0.717) is 6.42 Å². The van der Waals surface area contributed by atoms with E-state index in [1.165, 1.54) is 6.92 Å². The van der Waals surface area contributed by atoms with E-state index in [0.717, 1.165) is 0 Å². The summed E-state index contributed by atoms with van der Waals surface area (Å²) in [7, 11) is 0. The minimum atomic E-state index is -1.35. The molecular weight excluding hydrogens is 306 g/mol. The smallest absolute Gasteiger partial charge is 0.220 e. The second-order valence-corrected chi connectivity index (χ2v) is 5.95.